The van der Waals surface area contributed by atoms with Gasteiger partial charge in [-0.1, -0.05) is 22.8 Å². The van der Waals surface area contributed by atoms with Crippen LogP contribution in [0.1, 0.15) is 11.4 Å². The van der Waals surface area contributed by atoms with Crippen molar-refractivity contribution in [1.29, 1.82) is 0 Å². The molecule has 6 heteroatoms. The van der Waals surface area contributed by atoms with Crippen LogP contribution in [0.2, 0.25) is 5.02 Å². The highest BCUT2D eigenvalue weighted by atomic mass is 35.5. The molecule has 1 heterocycles. The van der Waals surface area contributed by atoms with Crippen LogP contribution >= 0.6 is 11.6 Å². The van der Waals surface area contributed by atoms with E-state index in [2.05, 4.69) is 15.5 Å². The highest BCUT2D eigenvalue weighted by molar-refractivity contribution is 6.31. The molecule has 2 rings (SSSR count). The first-order valence-corrected chi connectivity index (χ1v) is 5.01. The number of nitrogens with one attached hydrogen (secondary N) is 1. The molecular weight excluding hydrogens is 233 g/mol. The SMILES string of the molecule is Cc1noc(NCc2c(F)cccc2Cl)n1. The largest absolute Gasteiger partial charge is 0.334 e. The molecule has 0 atom stereocenters. The van der Waals surface area contributed by atoms with Gasteiger partial charge in [0.25, 0.3) is 0 Å². The Hall–Kier alpha value is -1.62. The summed E-state index contributed by atoms with van der Waals surface area (Å²) in [6, 6.07) is 4.78. The first-order valence-electron chi connectivity index (χ1n) is 4.64. The normalized spacial score (nSPS) is 10.4. The summed E-state index contributed by atoms with van der Waals surface area (Å²) >= 11 is 5.85. The molecule has 0 aliphatic rings. The third-order valence-corrected chi connectivity index (χ3v) is 2.36. The number of aryl methyl sites for hydroxylation is 1. The summed E-state index contributed by atoms with van der Waals surface area (Å²) in [7, 11) is 0. The fourth-order valence-corrected chi connectivity index (χ4v) is 1.46. The fourth-order valence-electron chi connectivity index (χ4n) is 1.23. The van der Waals surface area contributed by atoms with Crippen LogP contribution in [0.25, 0.3) is 0 Å². The predicted octanol–water partition coefficient (Wildman–Crippen LogP) is 2.78. The lowest BCUT2D eigenvalue weighted by Gasteiger charge is -2.05. The summed E-state index contributed by atoms with van der Waals surface area (Å²) in [6.45, 7) is 1.90. The van der Waals surface area contributed by atoms with Crippen molar-refractivity contribution in [2.75, 3.05) is 5.32 Å². The van der Waals surface area contributed by atoms with Crippen molar-refractivity contribution in [2.24, 2.45) is 0 Å². The number of nitrogens with zero attached hydrogens (tertiary/aromatic N) is 2. The topological polar surface area (TPSA) is 51.0 Å². The summed E-state index contributed by atoms with van der Waals surface area (Å²) in [5.74, 6) is 0.151. The van der Waals surface area contributed by atoms with E-state index in [1.54, 1.807) is 19.1 Å². The van der Waals surface area contributed by atoms with Crippen molar-refractivity contribution >= 4 is 17.6 Å². The first-order chi connectivity index (χ1) is 7.66. The quantitative estimate of drug-likeness (QED) is 0.898. The second-order valence-electron chi connectivity index (χ2n) is 3.20. The van der Waals surface area contributed by atoms with Crippen LogP contribution in [0.15, 0.2) is 22.7 Å². The first kappa shape index (κ1) is 10.9. The number of halogens is 2. The van der Waals surface area contributed by atoms with Gasteiger partial charge in [-0.05, 0) is 19.1 Å². The molecule has 1 aromatic heterocycles. The Labute approximate surface area is 96.4 Å². The Kier molecular flexibility index (Phi) is 3.05. The summed E-state index contributed by atoms with van der Waals surface area (Å²) in [5, 5.41) is 6.76. The van der Waals surface area contributed by atoms with Crippen LogP contribution in [-0.2, 0) is 6.54 Å². The molecule has 0 spiro atoms. The summed E-state index contributed by atoms with van der Waals surface area (Å²) in [5.41, 5.74) is 0.375. The lowest BCUT2D eigenvalue weighted by atomic mass is 10.2. The zero-order valence-electron chi connectivity index (χ0n) is 8.50. The van der Waals surface area contributed by atoms with E-state index in [9.17, 15) is 4.39 Å². The molecule has 0 fully saturated rings. The van der Waals surface area contributed by atoms with Crippen LogP contribution in [0.5, 0.6) is 0 Å². The van der Waals surface area contributed by atoms with E-state index in [0.29, 0.717) is 16.4 Å². The average Bonchev–Trinajstić information content (AvgIpc) is 2.63. The van der Waals surface area contributed by atoms with E-state index in [1.165, 1.54) is 6.07 Å². The summed E-state index contributed by atoms with van der Waals surface area (Å²) in [6.07, 6.45) is 0. The van der Waals surface area contributed by atoms with Gasteiger partial charge >= 0.3 is 6.01 Å². The van der Waals surface area contributed by atoms with E-state index in [1.807, 2.05) is 0 Å². The summed E-state index contributed by atoms with van der Waals surface area (Å²) in [4.78, 5) is 3.93. The average molecular weight is 242 g/mol. The molecule has 0 saturated carbocycles. The molecule has 0 unspecified atom stereocenters. The van der Waals surface area contributed by atoms with Gasteiger partial charge < -0.3 is 9.84 Å². The Bertz CT molecular complexity index is 480. The molecule has 0 amide bonds. The number of hydrogen-bond acceptors (Lipinski definition) is 4. The van der Waals surface area contributed by atoms with E-state index < -0.39 is 0 Å². The van der Waals surface area contributed by atoms with Gasteiger partial charge in [-0.3, -0.25) is 0 Å². The molecule has 0 bridgehead atoms. The van der Waals surface area contributed by atoms with Crippen molar-refractivity contribution in [3.05, 3.63) is 40.4 Å². The van der Waals surface area contributed by atoms with Crippen LogP contribution < -0.4 is 5.32 Å². The monoisotopic (exact) mass is 241 g/mol. The smallest absolute Gasteiger partial charge is 0.321 e. The second-order valence-corrected chi connectivity index (χ2v) is 3.61. The van der Waals surface area contributed by atoms with Gasteiger partial charge in [-0.2, -0.15) is 4.98 Å². The Balaban J connectivity index is 2.10. The molecule has 0 radical (unpaired) electrons. The zero-order valence-corrected chi connectivity index (χ0v) is 9.25. The molecule has 16 heavy (non-hydrogen) atoms. The van der Waals surface area contributed by atoms with Gasteiger partial charge in [0.15, 0.2) is 5.82 Å². The lowest BCUT2D eigenvalue weighted by Crippen LogP contribution is -2.02. The minimum atomic E-state index is -0.365. The molecule has 0 aliphatic carbocycles. The molecule has 84 valence electrons. The van der Waals surface area contributed by atoms with Crippen molar-refractivity contribution in [3.8, 4) is 0 Å². The Morgan fingerprint density at radius 1 is 1.50 bits per heavy atom. The Morgan fingerprint density at radius 2 is 2.31 bits per heavy atom. The molecule has 2 aromatic rings. The Morgan fingerprint density at radius 3 is 2.94 bits per heavy atom. The minimum absolute atomic E-state index is 0.202. The van der Waals surface area contributed by atoms with E-state index in [0.717, 1.165) is 0 Å². The van der Waals surface area contributed by atoms with Crippen molar-refractivity contribution < 1.29 is 8.91 Å². The second kappa shape index (κ2) is 4.49. The van der Waals surface area contributed by atoms with Gasteiger partial charge in [0, 0.05) is 17.1 Å². The number of aromatic nitrogens is 2. The molecular formula is C10H9ClFN3O. The van der Waals surface area contributed by atoms with E-state index >= 15 is 0 Å². The third kappa shape index (κ3) is 2.30. The zero-order chi connectivity index (χ0) is 11.5. The highest BCUT2D eigenvalue weighted by Gasteiger charge is 2.08. The molecule has 1 N–H and O–H groups in total. The molecule has 4 nitrogen and oxygen atoms in total. The van der Waals surface area contributed by atoms with Crippen LogP contribution in [0.3, 0.4) is 0 Å². The third-order valence-electron chi connectivity index (χ3n) is 2.01. The number of benzene rings is 1. The summed E-state index contributed by atoms with van der Waals surface area (Å²) < 4.78 is 18.2. The van der Waals surface area contributed by atoms with Crippen LogP contribution in [0.4, 0.5) is 10.4 Å². The molecule has 0 saturated heterocycles. The lowest BCUT2D eigenvalue weighted by molar-refractivity contribution is 0.425. The maximum atomic E-state index is 13.4. The number of anilines is 1. The van der Waals surface area contributed by atoms with E-state index in [-0.39, 0.29) is 18.4 Å². The fraction of sp³-hybridized carbons (Fsp3) is 0.200. The number of hydrogen-bond donors (Lipinski definition) is 1. The van der Waals surface area contributed by atoms with Gasteiger partial charge in [0.05, 0.1) is 0 Å². The minimum Gasteiger partial charge on any atom is -0.334 e. The van der Waals surface area contributed by atoms with Gasteiger partial charge in [-0.25, -0.2) is 4.39 Å². The number of rotatable bonds is 3. The highest BCUT2D eigenvalue weighted by Crippen LogP contribution is 2.19. The van der Waals surface area contributed by atoms with Gasteiger partial charge in [-0.15, -0.1) is 0 Å². The van der Waals surface area contributed by atoms with E-state index in [4.69, 9.17) is 16.1 Å². The maximum absolute atomic E-state index is 13.4. The maximum Gasteiger partial charge on any atom is 0.321 e. The predicted molar refractivity (Wildman–Crippen MR) is 57.8 cm³/mol. The van der Waals surface area contributed by atoms with Crippen molar-refractivity contribution in [1.82, 2.24) is 10.1 Å². The van der Waals surface area contributed by atoms with Crippen LogP contribution in [0, 0.1) is 12.7 Å². The molecule has 1 aromatic carbocycles. The van der Waals surface area contributed by atoms with Crippen molar-refractivity contribution in [2.45, 2.75) is 13.5 Å². The van der Waals surface area contributed by atoms with Crippen LogP contribution in [-0.4, -0.2) is 10.1 Å². The standard InChI is InChI=1S/C10H9ClFN3O/c1-6-14-10(16-15-6)13-5-7-8(11)3-2-4-9(7)12/h2-4H,5H2,1H3,(H,13,14,15). The van der Waals surface area contributed by atoms with Gasteiger partial charge in [0.1, 0.15) is 5.82 Å². The molecule has 0 aliphatic heterocycles. The van der Waals surface area contributed by atoms with Gasteiger partial charge in [0.2, 0.25) is 0 Å². The van der Waals surface area contributed by atoms with Crippen molar-refractivity contribution in [3.63, 3.8) is 0 Å².